The highest BCUT2D eigenvalue weighted by atomic mass is 19.4. The average molecular weight is 303 g/mol. The molecule has 0 bridgehead atoms. The van der Waals surface area contributed by atoms with Gasteiger partial charge in [-0.1, -0.05) is 13.0 Å². The number of benzene rings is 1. The molecule has 2 nitrogen and oxygen atoms in total. The topological polar surface area (TPSA) is 21.3 Å². The monoisotopic (exact) mass is 303 g/mol. The van der Waals surface area contributed by atoms with Crippen molar-refractivity contribution in [1.82, 2.24) is 5.32 Å². The zero-order valence-corrected chi connectivity index (χ0v) is 13.1. The van der Waals surface area contributed by atoms with Crippen molar-refractivity contribution in [3.63, 3.8) is 0 Å². The molecule has 1 rings (SSSR count). The number of ether oxygens (including phenoxy) is 1. The number of rotatable bonds is 7. The van der Waals surface area contributed by atoms with Gasteiger partial charge in [0.25, 0.3) is 0 Å². The van der Waals surface area contributed by atoms with Crippen molar-refractivity contribution in [3.05, 3.63) is 34.9 Å². The molecule has 1 N–H and O–H groups in total. The predicted molar refractivity (Wildman–Crippen MR) is 78.3 cm³/mol. The van der Waals surface area contributed by atoms with Gasteiger partial charge in [0, 0.05) is 13.2 Å². The van der Waals surface area contributed by atoms with Gasteiger partial charge in [-0.2, -0.15) is 13.2 Å². The van der Waals surface area contributed by atoms with Gasteiger partial charge in [0.2, 0.25) is 0 Å². The van der Waals surface area contributed by atoms with Gasteiger partial charge in [-0.3, -0.25) is 0 Å². The number of methoxy groups -OCH3 is 1. The second-order valence-corrected chi connectivity index (χ2v) is 5.30. The summed E-state index contributed by atoms with van der Waals surface area (Å²) in [6.45, 7) is 6.48. The van der Waals surface area contributed by atoms with Crippen molar-refractivity contribution in [2.45, 2.75) is 51.9 Å². The van der Waals surface area contributed by atoms with Gasteiger partial charge < -0.3 is 10.1 Å². The SMILES string of the molecule is CCNC(CCC(C)OC)c1ccc(C(F)(F)F)cc1C. The number of nitrogens with one attached hydrogen (secondary N) is 1. The molecule has 0 aliphatic heterocycles. The highest BCUT2D eigenvalue weighted by Crippen LogP contribution is 2.32. The van der Waals surface area contributed by atoms with Gasteiger partial charge in [-0.05, 0) is 56.5 Å². The fourth-order valence-electron chi connectivity index (χ4n) is 2.38. The Balaban J connectivity index is 2.92. The van der Waals surface area contributed by atoms with Crippen LogP contribution >= 0.6 is 0 Å². The van der Waals surface area contributed by atoms with Crippen LogP contribution in [0.3, 0.4) is 0 Å². The zero-order chi connectivity index (χ0) is 16.0. The first-order valence-electron chi connectivity index (χ1n) is 7.23. The van der Waals surface area contributed by atoms with Crippen LogP contribution in [0.4, 0.5) is 13.2 Å². The lowest BCUT2D eigenvalue weighted by Gasteiger charge is -2.22. The first kappa shape index (κ1) is 18.0. The van der Waals surface area contributed by atoms with Crippen LogP contribution in [0, 0.1) is 6.92 Å². The van der Waals surface area contributed by atoms with Crippen LogP contribution in [-0.4, -0.2) is 19.8 Å². The van der Waals surface area contributed by atoms with E-state index >= 15 is 0 Å². The lowest BCUT2D eigenvalue weighted by Crippen LogP contribution is -2.23. The van der Waals surface area contributed by atoms with Gasteiger partial charge in [0.15, 0.2) is 0 Å². The van der Waals surface area contributed by atoms with E-state index in [4.69, 9.17) is 4.74 Å². The third-order valence-corrected chi connectivity index (χ3v) is 3.69. The molecule has 0 heterocycles. The van der Waals surface area contributed by atoms with Gasteiger partial charge >= 0.3 is 6.18 Å². The molecule has 1 aromatic carbocycles. The average Bonchev–Trinajstić information content (AvgIpc) is 2.42. The first-order chi connectivity index (χ1) is 9.79. The molecule has 0 radical (unpaired) electrons. The molecular formula is C16H24F3NO. The fraction of sp³-hybridized carbons (Fsp3) is 0.625. The summed E-state index contributed by atoms with van der Waals surface area (Å²) in [6.07, 6.45) is -2.47. The van der Waals surface area contributed by atoms with Gasteiger partial charge in [-0.15, -0.1) is 0 Å². The fourth-order valence-corrected chi connectivity index (χ4v) is 2.38. The molecule has 0 spiro atoms. The summed E-state index contributed by atoms with van der Waals surface area (Å²) < 4.78 is 43.4. The summed E-state index contributed by atoms with van der Waals surface area (Å²) in [4.78, 5) is 0. The Morgan fingerprint density at radius 1 is 1.24 bits per heavy atom. The van der Waals surface area contributed by atoms with E-state index in [1.807, 2.05) is 13.8 Å². The van der Waals surface area contributed by atoms with Crippen LogP contribution in [0.15, 0.2) is 18.2 Å². The minimum Gasteiger partial charge on any atom is -0.382 e. The van der Waals surface area contributed by atoms with Crippen molar-refractivity contribution >= 4 is 0 Å². The third kappa shape index (κ3) is 5.32. The van der Waals surface area contributed by atoms with Gasteiger partial charge in [0.05, 0.1) is 11.7 Å². The number of hydrogen-bond donors (Lipinski definition) is 1. The van der Waals surface area contributed by atoms with Crippen LogP contribution in [0.1, 0.15) is 49.4 Å². The van der Waals surface area contributed by atoms with E-state index < -0.39 is 11.7 Å². The molecule has 0 saturated carbocycles. The van der Waals surface area contributed by atoms with Crippen LogP contribution in [-0.2, 0) is 10.9 Å². The highest BCUT2D eigenvalue weighted by molar-refractivity contribution is 5.34. The molecule has 0 saturated heterocycles. The smallest absolute Gasteiger partial charge is 0.382 e. The Labute approximate surface area is 124 Å². The number of alkyl halides is 3. The second-order valence-electron chi connectivity index (χ2n) is 5.30. The Kier molecular flexibility index (Phi) is 6.68. The first-order valence-corrected chi connectivity index (χ1v) is 7.23. The normalized spacial score (nSPS) is 15.0. The maximum absolute atomic E-state index is 12.7. The lowest BCUT2D eigenvalue weighted by atomic mass is 9.94. The summed E-state index contributed by atoms with van der Waals surface area (Å²) in [6, 6.07) is 4.02. The molecule has 1 aromatic rings. The Morgan fingerprint density at radius 3 is 2.38 bits per heavy atom. The number of hydrogen-bond acceptors (Lipinski definition) is 2. The van der Waals surface area contributed by atoms with E-state index in [2.05, 4.69) is 5.32 Å². The van der Waals surface area contributed by atoms with E-state index in [0.29, 0.717) is 5.56 Å². The van der Waals surface area contributed by atoms with Crippen molar-refractivity contribution < 1.29 is 17.9 Å². The second kappa shape index (κ2) is 7.80. The van der Waals surface area contributed by atoms with E-state index in [0.717, 1.165) is 31.0 Å². The molecule has 0 aromatic heterocycles. The summed E-state index contributed by atoms with van der Waals surface area (Å²) in [5.74, 6) is 0. The van der Waals surface area contributed by atoms with Gasteiger partial charge in [-0.25, -0.2) is 0 Å². The number of halogens is 3. The Hall–Kier alpha value is -1.07. The molecule has 0 fully saturated rings. The molecule has 5 heteroatoms. The Bertz CT molecular complexity index is 446. The van der Waals surface area contributed by atoms with Crippen molar-refractivity contribution in [2.75, 3.05) is 13.7 Å². The highest BCUT2D eigenvalue weighted by Gasteiger charge is 2.31. The summed E-state index contributed by atoms with van der Waals surface area (Å²) in [7, 11) is 1.66. The quantitative estimate of drug-likeness (QED) is 0.802. The molecule has 0 aliphatic carbocycles. The summed E-state index contributed by atoms with van der Waals surface area (Å²) in [5.41, 5.74) is 0.998. The third-order valence-electron chi connectivity index (χ3n) is 3.69. The predicted octanol–water partition coefficient (Wildman–Crippen LogP) is 4.48. The summed E-state index contributed by atoms with van der Waals surface area (Å²) >= 11 is 0. The Morgan fingerprint density at radius 2 is 1.90 bits per heavy atom. The molecule has 120 valence electrons. The van der Waals surface area contributed by atoms with Crippen LogP contribution < -0.4 is 5.32 Å². The van der Waals surface area contributed by atoms with Crippen LogP contribution in [0.5, 0.6) is 0 Å². The molecule has 2 unspecified atom stereocenters. The van der Waals surface area contributed by atoms with E-state index in [-0.39, 0.29) is 12.1 Å². The molecule has 0 aliphatic rings. The summed E-state index contributed by atoms with van der Waals surface area (Å²) in [5, 5.41) is 3.34. The van der Waals surface area contributed by atoms with E-state index in [1.54, 1.807) is 20.1 Å². The molecule has 2 atom stereocenters. The lowest BCUT2D eigenvalue weighted by molar-refractivity contribution is -0.137. The van der Waals surface area contributed by atoms with Crippen molar-refractivity contribution in [3.8, 4) is 0 Å². The van der Waals surface area contributed by atoms with E-state index in [1.165, 1.54) is 6.07 Å². The molecular weight excluding hydrogens is 279 g/mol. The standard InChI is InChI=1S/C16H24F3NO/c1-5-20-15(9-6-12(3)21-4)14-8-7-13(10-11(14)2)16(17,18)19/h7-8,10,12,15,20H,5-6,9H2,1-4H3. The number of aryl methyl sites for hydroxylation is 1. The van der Waals surface area contributed by atoms with Crippen molar-refractivity contribution in [2.24, 2.45) is 0 Å². The molecule has 0 amide bonds. The zero-order valence-electron chi connectivity index (χ0n) is 13.1. The van der Waals surface area contributed by atoms with Crippen molar-refractivity contribution in [1.29, 1.82) is 0 Å². The maximum atomic E-state index is 12.7. The minimum absolute atomic E-state index is 0.0508. The van der Waals surface area contributed by atoms with Crippen LogP contribution in [0.2, 0.25) is 0 Å². The van der Waals surface area contributed by atoms with Crippen LogP contribution in [0.25, 0.3) is 0 Å². The maximum Gasteiger partial charge on any atom is 0.416 e. The largest absolute Gasteiger partial charge is 0.416 e. The van der Waals surface area contributed by atoms with Gasteiger partial charge in [0.1, 0.15) is 0 Å². The van der Waals surface area contributed by atoms with E-state index in [9.17, 15) is 13.2 Å². The minimum atomic E-state index is -4.29. The molecule has 21 heavy (non-hydrogen) atoms.